The minimum atomic E-state index is -0.766. The Bertz CT molecular complexity index is 463. The van der Waals surface area contributed by atoms with Gasteiger partial charge in [0, 0.05) is 21.7 Å². The molecule has 0 bridgehead atoms. The molecule has 7 heteroatoms. The minimum absolute atomic E-state index is 0. The van der Waals surface area contributed by atoms with Crippen LogP contribution in [0.2, 0.25) is 0 Å². The topological polar surface area (TPSA) is 108 Å². The van der Waals surface area contributed by atoms with Crippen LogP contribution >= 0.6 is 0 Å². The van der Waals surface area contributed by atoms with Crippen molar-refractivity contribution >= 4 is 11.9 Å². The molecule has 6 N–H and O–H groups in total. The molecule has 0 amide bonds. The molecular formula is C18H30N2O4Ti-4. The first-order valence-corrected chi connectivity index (χ1v) is 7.69. The van der Waals surface area contributed by atoms with Gasteiger partial charge in [0.25, 0.3) is 0 Å². The number of hydrogen-bond donors (Lipinski definition) is 4. The standard InChI is InChI=1S/2C6H7.2C3H7NO2.Ti/c2*1-6-4-2-3-5-6;2*1-4-2-3(5)6;/h2*2-5H,1H3;2*4H,2H2,1H3,(H,5,6);/q-5;-1;;;/p+2. The van der Waals surface area contributed by atoms with Gasteiger partial charge in [-0.1, -0.05) is 6.92 Å². The number of likely N-dealkylation sites (N-methyl/N-ethyl adjacent to an activating group) is 2. The van der Waals surface area contributed by atoms with Gasteiger partial charge >= 0.3 is 11.9 Å². The Labute approximate surface area is 164 Å². The fourth-order valence-corrected chi connectivity index (χ4v) is 1.29. The molecule has 2 rings (SSSR count). The van der Waals surface area contributed by atoms with E-state index in [1.54, 1.807) is 24.7 Å². The molecule has 0 heterocycles. The number of carbonyl (C=O) groups is 2. The summed E-state index contributed by atoms with van der Waals surface area (Å²) >= 11 is 0. The molecule has 0 aliphatic carbocycles. The number of aliphatic carboxylic acids is 2. The molecule has 0 aromatic heterocycles. The predicted octanol–water partition coefficient (Wildman–Crippen LogP) is -0.0463. The third kappa shape index (κ3) is 27.4. The normalized spacial score (nSPS) is 8.16. The molecule has 0 aliphatic heterocycles. The van der Waals surface area contributed by atoms with Gasteiger partial charge in [-0.2, -0.15) is 17.7 Å². The summed E-state index contributed by atoms with van der Waals surface area (Å²) in [6.07, 6.45) is 0. The quantitative estimate of drug-likeness (QED) is 0.437. The van der Waals surface area contributed by atoms with Crippen molar-refractivity contribution in [2.24, 2.45) is 0 Å². The van der Waals surface area contributed by atoms with Crippen LogP contribution in [0.1, 0.15) is 11.1 Å². The maximum absolute atomic E-state index is 9.57. The minimum Gasteiger partial charge on any atom is -0.748 e. The van der Waals surface area contributed by atoms with Crippen LogP contribution in [-0.4, -0.2) is 49.3 Å². The largest absolute Gasteiger partial charge is 0.748 e. The average Bonchev–Trinajstić information content (AvgIpc) is 3.14. The first-order chi connectivity index (χ1) is 11.3. The number of rotatable bonds is 4. The van der Waals surface area contributed by atoms with Gasteiger partial charge in [-0.25, -0.2) is 28.6 Å². The van der Waals surface area contributed by atoms with Crippen molar-refractivity contribution in [3.05, 3.63) is 59.7 Å². The number of quaternary nitrogens is 2. The van der Waals surface area contributed by atoms with Gasteiger partial charge in [-0.3, -0.25) is 0 Å². The van der Waals surface area contributed by atoms with E-state index in [0.29, 0.717) is 0 Å². The van der Waals surface area contributed by atoms with Gasteiger partial charge < -0.3 is 50.7 Å². The van der Waals surface area contributed by atoms with Crippen molar-refractivity contribution in [1.82, 2.24) is 0 Å². The Balaban J connectivity index is -0.000000255. The molecule has 0 saturated heterocycles. The molecule has 0 unspecified atom stereocenters. The van der Waals surface area contributed by atoms with E-state index >= 15 is 0 Å². The molecule has 0 aliphatic rings. The molecular weight excluding hydrogens is 356 g/mol. The van der Waals surface area contributed by atoms with Crippen LogP contribution in [0.15, 0.2) is 48.5 Å². The Morgan fingerprint density at radius 2 is 1.28 bits per heavy atom. The van der Waals surface area contributed by atoms with Crippen LogP contribution in [-0.2, 0) is 31.3 Å². The second-order valence-electron chi connectivity index (χ2n) is 4.94. The molecule has 0 fully saturated rings. The zero-order valence-electron chi connectivity index (χ0n) is 15.4. The van der Waals surface area contributed by atoms with Crippen LogP contribution in [0.5, 0.6) is 0 Å². The number of nitrogens with two attached hydrogens (primary N) is 2. The summed E-state index contributed by atoms with van der Waals surface area (Å²) in [5, 5.41) is 19.0. The Morgan fingerprint density at radius 1 is 0.920 bits per heavy atom. The van der Waals surface area contributed by atoms with Gasteiger partial charge in [-0.15, -0.1) is 0 Å². The van der Waals surface area contributed by atoms with E-state index in [0.717, 1.165) is 0 Å². The first-order valence-electron chi connectivity index (χ1n) is 7.69. The summed E-state index contributed by atoms with van der Waals surface area (Å²) in [7, 11) is 3.43. The molecule has 25 heavy (non-hydrogen) atoms. The van der Waals surface area contributed by atoms with Crippen molar-refractivity contribution < 1.29 is 52.2 Å². The third-order valence-electron chi connectivity index (χ3n) is 2.42. The second-order valence-corrected chi connectivity index (χ2v) is 4.94. The zero-order valence-corrected chi connectivity index (χ0v) is 17.0. The van der Waals surface area contributed by atoms with E-state index in [1.165, 1.54) is 11.1 Å². The maximum atomic E-state index is 9.57. The fourth-order valence-electron chi connectivity index (χ4n) is 1.29. The van der Waals surface area contributed by atoms with Crippen molar-refractivity contribution in [2.75, 3.05) is 27.2 Å². The molecule has 144 valence electrons. The SMILES string of the molecule is C[NH2+]CC(=O)O.C[NH2+]CC(=O)O.C[c-]1[cH-][cH-][cH-][cH-]1.C[c-]1cccc1.[Ti]. The summed E-state index contributed by atoms with van der Waals surface area (Å²) in [6.45, 7) is 4.50. The van der Waals surface area contributed by atoms with E-state index < -0.39 is 11.9 Å². The Hall–Kier alpha value is -1.73. The molecule has 2 aromatic carbocycles. The van der Waals surface area contributed by atoms with Crippen molar-refractivity contribution in [3.63, 3.8) is 0 Å². The number of hydrogen-bond acceptors (Lipinski definition) is 2. The molecule has 0 spiro atoms. The predicted molar refractivity (Wildman–Crippen MR) is 94.2 cm³/mol. The summed E-state index contributed by atoms with van der Waals surface area (Å²) in [6, 6.07) is 16.5. The van der Waals surface area contributed by atoms with E-state index in [2.05, 4.69) is 38.1 Å². The van der Waals surface area contributed by atoms with Gasteiger partial charge in [0.05, 0.1) is 14.1 Å². The van der Waals surface area contributed by atoms with Gasteiger partial charge in [0.1, 0.15) is 0 Å². The number of carboxylic acids is 2. The number of carboxylic acid groups (broad SMARTS) is 2. The van der Waals surface area contributed by atoms with Crippen molar-refractivity contribution in [3.8, 4) is 0 Å². The maximum Gasteiger partial charge on any atom is 0.359 e. The van der Waals surface area contributed by atoms with Gasteiger partial charge in [0.2, 0.25) is 0 Å². The van der Waals surface area contributed by atoms with Crippen LogP contribution in [0.25, 0.3) is 0 Å². The van der Waals surface area contributed by atoms with E-state index in [4.69, 9.17) is 10.2 Å². The smallest absolute Gasteiger partial charge is 0.359 e. The van der Waals surface area contributed by atoms with Crippen LogP contribution in [0.4, 0.5) is 0 Å². The van der Waals surface area contributed by atoms with E-state index in [1.807, 2.05) is 24.3 Å². The van der Waals surface area contributed by atoms with Crippen LogP contribution < -0.4 is 10.6 Å². The summed E-state index contributed by atoms with van der Waals surface area (Å²) < 4.78 is 0. The van der Waals surface area contributed by atoms with Crippen LogP contribution in [0.3, 0.4) is 0 Å². The summed E-state index contributed by atoms with van der Waals surface area (Å²) in [5.41, 5.74) is 2.69. The monoisotopic (exact) mass is 386 g/mol. The molecule has 0 atom stereocenters. The summed E-state index contributed by atoms with van der Waals surface area (Å²) in [4.78, 5) is 19.1. The van der Waals surface area contributed by atoms with E-state index in [-0.39, 0.29) is 34.8 Å². The fraction of sp³-hybridized carbons (Fsp3) is 0.333. The Morgan fingerprint density at radius 3 is 1.36 bits per heavy atom. The Kier molecular flexibility index (Phi) is 22.8. The summed E-state index contributed by atoms with van der Waals surface area (Å²) in [5.74, 6) is -1.53. The second kappa shape index (κ2) is 20.3. The number of aryl methyl sites for hydroxylation is 2. The third-order valence-corrected chi connectivity index (χ3v) is 2.42. The van der Waals surface area contributed by atoms with Crippen molar-refractivity contribution in [2.45, 2.75) is 13.8 Å². The first kappa shape index (κ1) is 28.1. The van der Waals surface area contributed by atoms with Gasteiger partial charge in [0.15, 0.2) is 13.1 Å². The van der Waals surface area contributed by atoms with Crippen LogP contribution in [0, 0.1) is 13.8 Å². The van der Waals surface area contributed by atoms with Gasteiger partial charge in [-0.05, 0) is 0 Å². The zero-order chi connectivity index (χ0) is 18.8. The molecule has 0 radical (unpaired) electrons. The van der Waals surface area contributed by atoms with E-state index in [9.17, 15) is 9.59 Å². The molecule has 2 aromatic rings. The molecule has 0 saturated carbocycles. The van der Waals surface area contributed by atoms with Crippen molar-refractivity contribution in [1.29, 1.82) is 0 Å². The molecule has 6 nitrogen and oxygen atoms in total. The average molecular weight is 386 g/mol.